The van der Waals surface area contributed by atoms with Crippen LogP contribution in [-0.4, -0.2) is 24.3 Å². The van der Waals surface area contributed by atoms with Crippen LogP contribution in [0.4, 0.5) is 0 Å². The van der Waals surface area contributed by atoms with Gasteiger partial charge in [-0.15, -0.1) is 0 Å². The predicted octanol–water partition coefficient (Wildman–Crippen LogP) is 6.97. The van der Waals surface area contributed by atoms with Crippen LogP contribution in [0.2, 0.25) is 0 Å². The lowest BCUT2D eigenvalue weighted by molar-refractivity contribution is -0.347. The molecule has 1 N–H and O–H groups in total. The highest BCUT2D eigenvalue weighted by Gasteiger charge is 2.20. The maximum atomic E-state index is 9.70. The molecule has 0 bridgehead atoms. The molecule has 0 rings (SSSR count). The fourth-order valence-corrected chi connectivity index (χ4v) is 3.22. The fraction of sp³-hybridized carbons (Fsp3) is 1.00. The number of rotatable bonds is 20. The van der Waals surface area contributed by atoms with Crippen LogP contribution >= 0.6 is 0 Å². The Morgan fingerprint density at radius 3 is 1.28 bits per heavy atom. The molecule has 1 unspecified atom stereocenters. The summed E-state index contributed by atoms with van der Waals surface area (Å²) in [6.45, 7) is 6.73. The smallest absolute Gasteiger partial charge is 0.277 e. The Labute approximate surface area is 157 Å². The van der Waals surface area contributed by atoms with E-state index in [1.807, 2.05) is 6.92 Å². The Bertz CT molecular complexity index is 254. The Morgan fingerprint density at radius 1 is 0.560 bits per heavy atom. The molecule has 0 spiro atoms. The average Bonchev–Trinajstić information content (AvgIpc) is 2.57. The largest absolute Gasteiger partial charge is 0.344 e. The van der Waals surface area contributed by atoms with Crippen molar-refractivity contribution in [3.8, 4) is 0 Å². The topological polar surface area (TPSA) is 38.7 Å². The third kappa shape index (κ3) is 20.0. The number of hydrogen-bond donors (Lipinski definition) is 1. The van der Waals surface area contributed by atoms with Crippen molar-refractivity contribution in [2.75, 3.05) is 13.2 Å². The van der Waals surface area contributed by atoms with Crippen LogP contribution in [0.5, 0.6) is 0 Å². The van der Waals surface area contributed by atoms with Crippen molar-refractivity contribution in [3.05, 3.63) is 0 Å². The summed E-state index contributed by atoms with van der Waals surface area (Å²) in [5, 5.41) is 9.70. The molecule has 0 aliphatic carbocycles. The van der Waals surface area contributed by atoms with E-state index in [9.17, 15) is 5.11 Å². The number of aliphatic hydroxyl groups is 1. The first-order valence-corrected chi connectivity index (χ1v) is 11.1. The van der Waals surface area contributed by atoms with Crippen molar-refractivity contribution in [1.29, 1.82) is 0 Å². The summed E-state index contributed by atoms with van der Waals surface area (Å²) >= 11 is 0. The van der Waals surface area contributed by atoms with Gasteiger partial charge in [0.05, 0.1) is 6.61 Å². The van der Waals surface area contributed by atoms with Gasteiger partial charge in [-0.1, -0.05) is 103 Å². The monoisotopic (exact) mass is 358 g/mol. The minimum atomic E-state index is -1.41. The van der Waals surface area contributed by atoms with Crippen molar-refractivity contribution in [1.82, 2.24) is 0 Å². The Morgan fingerprint density at radius 2 is 0.920 bits per heavy atom. The lowest BCUT2D eigenvalue weighted by Gasteiger charge is -2.22. The van der Waals surface area contributed by atoms with Crippen molar-refractivity contribution >= 4 is 0 Å². The van der Waals surface area contributed by atoms with E-state index in [1.165, 1.54) is 96.3 Å². The van der Waals surface area contributed by atoms with Gasteiger partial charge in [0, 0.05) is 13.5 Å². The van der Waals surface area contributed by atoms with Gasteiger partial charge in [-0.25, -0.2) is 0 Å². The van der Waals surface area contributed by atoms with Crippen molar-refractivity contribution in [3.63, 3.8) is 0 Å². The molecule has 0 saturated heterocycles. The Hall–Kier alpha value is -0.120. The second kappa shape index (κ2) is 18.7. The average molecular weight is 359 g/mol. The second-order valence-electron chi connectivity index (χ2n) is 7.48. The van der Waals surface area contributed by atoms with Crippen molar-refractivity contribution in [2.24, 2.45) is 0 Å². The number of ether oxygens (including phenoxy) is 2. The SMILES string of the molecule is CCCCCCCCCCCCCCCCCCOC(C)(O)OCC. The maximum absolute atomic E-state index is 9.70. The van der Waals surface area contributed by atoms with Crippen LogP contribution in [-0.2, 0) is 9.47 Å². The van der Waals surface area contributed by atoms with E-state index in [0.717, 1.165) is 6.42 Å². The predicted molar refractivity (Wildman–Crippen MR) is 108 cm³/mol. The standard InChI is InChI=1S/C22H46O3/c1-4-6-7-8-9-10-11-12-13-14-15-16-17-18-19-20-21-25-22(3,23)24-5-2/h23H,4-21H2,1-3H3. The van der Waals surface area contributed by atoms with Crippen molar-refractivity contribution < 1.29 is 14.6 Å². The molecule has 0 radical (unpaired) electrons. The molecule has 152 valence electrons. The molecule has 0 aromatic carbocycles. The van der Waals surface area contributed by atoms with E-state index in [0.29, 0.717) is 13.2 Å². The molecule has 25 heavy (non-hydrogen) atoms. The first-order valence-electron chi connectivity index (χ1n) is 11.1. The van der Waals surface area contributed by atoms with Crippen molar-refractivity contribution in [2.45, 2.75) is 129 Å². The quantitative estimate of drug-likeness (QED) is 0.189. The lowest BCUT2D eigenvalue weighted by atomic mass is 10.0. The van der Waals surface area contributed by atoms with Crippen LogP contribution in [0.25, 0.3) is 0 Å². The molecule has 0 aliphatic rings. The van der Waals surface area contributed by atoms with Gasteiger partial charge >= 0.3 is 0 Å². The highest BCUT2D eigenvalue weighted by atomic mass is 16.8. The molecule has 0 aliphatic heterocycles. The maximum Gasteiger partial charge on any atom is 0.277 e. The molecule has 3 nitrogen and oxygen atoms in total. The zero-order valence-electron chi connectivity index (χ0n) is 17.5. The molecule has 0 aromatic heterocycles. The molecule has 0 aromatic rings. The Kier molecular flexibility index (Phi) is 18.6. The van der Waals surface area contributed by atoms with Gasteiger partial charge in [0.2, 0.25) is 0 Å². The third-order valence-corrected chi connectivity index (χ3v) is 4.78. The van der Waals surface area contributed by atoms with Gasteiger partial charge in [-0.3, -0.25) is 0 Å². The molecule has 0 heterocycles. The van der Waals surface area contributed by atoms with E-state index < -0.39 is 5.97 Å². The molecule has 0 amide bonds. The van der Waals surface area contributed by atoms with Gasteiger partial charge in [-0.05, 0) is 13.3 Å². The molecular weight excluding hydrogens is 312 g/mol. The van der Waals surface area contributed by atoms with Gasteiger partial charge in [0.1, 0.15) is 0 Å². The van der Waals surface area contributed by atoms with E-state index in [2.05, 4.69) is 6.92 Å². The summed E-state index contributed by atoms with van der Waals surface area (Å²) in [6, 6.07) is 0. The van der Waals surface area contributed by atoms with E-state index in [1.54, 1.807) is 6.92 Å². The fourth-order valence-electron chi connectivity index (χ4n) is 3.22. The van der Waals surface area contributed by atoms with Gasteiger partial charge in [0.25, 0.3) is 5.97 Å². The number of hydrogen-bond acceptors (Lipinski definition) is 3. The summed E-state index contributed by atoms with van der Waals surface area (Å²) in [4.78, 5) is 0. The minimum absolute atomic E-state index is 0.464. The molecular formula is C22H46O3. The molecule has 3 heteroatoms. The lowest BCUT2D eigenvalue weighted by Crippen LogP contribution is -2.32. The van der Waals surface area contributed by atoms with Gasteiger partial charge < -0.3 is 14.6 Å². The van der Waals surface area contributed by atoms with Crippen LogP contribution < -0.4 is 0 Å². The summed E-state index contributed by atoms with van der Waals surface area (Å²) in [5.74, 6) is -1.41. The molecule has 1 atom stereocenters. The van der Waals surface area contributed by atoms with E-state index >= 15 is 0 Å². The summed E-state index contributed by atoms with van der Waals surface area (Å²) in [5.41, 5.74) is 0. The minimum Gasteiger partial charge on any atom is -0.344 e. The van der Waals surface area contributed by atoms with Crippen LogP contribution in [0, 0.1) is 0 Å². The zero-order valence-corrected chi connectivity index (χ0v) is 17.5. The normalized spacial score (nSPS) is 13.9. The highest BCUT2D eigenvalue weighted by Crippen LogP contribution is 2.14. The number of unbranched alkanes of at least 4 members (excludes halogenated alkanes) is 15. The van der Waals surface area contributed by atoms with Crippen LogP contribution in [0.15, 0.2) is 0 Å². The van der Waals surface area contributed by atoms with Gasteiger partial charge in [0.15, 0.2) is 0 Å². The second-order valence-corrected chi connectivity index (χ2v) is 7.48. The van der Waals surface area contributed by atoms with E-state index in [-0.39, 0.29) is 0 Å². The summed E-state index contributed by atoms with van der Waals surface area (Å²) < 4.78 is 10.4. The highest BCUT2D eigenvalue weighted by molar-refractivity contribution is 4.50. The summed E-state index contributed by atoms with van der Waals surface area (Å²) in [6.07, 6.45) is 21.8. The van der Waals surface area contributed by atoms with Crippen LogP contribution in [0.1, 0.15) is 124 Å². The molecule has 0 saturated carbocycles. The first-order chi connectivity index (χ1) is 12.1. The molecule has 0 fully saturated rings. The third-order valence-electron chi connectivity index (χ3n) is 4.78. The van der Waals surface area contributed by atoms with Crippen LogP contribution in [0.3, 0.4) is 0 Å². The van der Waals surface area contributed by atoms with E-state index in [4.69, 9.17) is 9.47 Å². The Balaban J connectivity index is 3.10. The zero-order chi connectivity index (χ0) is 18.6. The summed E-state index contributed by atoms with van der Waals surface area (Å²) in [7, 11) is 0. The van der Waals surface area contributed by atoms with Gasteiger partial charge in [-0.2, -0.15) is 0 Å². The first kappa shape index (κ1) is 24.9.